The summed E-state index contributed by atoms with van der Waals surface area (Å²) in [5.74, 6) is 0.866. The predicted molar refractivity (Wildman–Crippen MR) is 102 cm³/mol. The van der Waals surface area contributed by atoms with Gasteiger partial charge in [0.2, 0.25) is 11.8 Å². The predicted octanol–water partition coefficient (Wildman–Crippen LogP) is 4.14. The highest BCUT2D eigenvalue weighted by molar-refractivity contribution is 5.81. The van der Waals surface area contributed by atoms with E-state index in [1.807, 2.05) is 34.6 Å². The van der Waals surface area contributed by atoms with Gasteiger partial charge >= 0.3 is 0 Å². The molecule has 4 heteroatoms. The number of hydrogen-bond donors (Lipinski definition) is 2. The van der Waals surface area contributed by atoms with Crippen molar-refractivity contribution >= 4 is 11.8 Å². The van der Waals surface area contributed by atoms with Gasteiger partial charge in [0.1, 0.15) is 0 Å². The van der Waals surface area contributed by atoms with E-state index in [9.17, 15) is 9.59 Å². The Bertz CT molecular complexity index is 402. The Hall–Kier alpha value is -1.06. The van der Waals surface area contributed by atoms with Gasteiger partial charge in [0.25, 0.3) is 0 Å². The lowest BCUT2D eigenvalue weighted by Crippen LogP contribution is -2.39. The summed E-state index contributed by atoms with van der Waals surface area (Å²) in [6.45, 7) is 18.0. The van der Waals surface area contributed by atoms with E-state index in [0.29, 0.717) is 12.5 Å². The van der Waals surface area contributed by atoms with Gasteiger partial charge in [0.15, 0.2) is 0 Å². The minimum Gasteiger partial charge on any atom is -0.356 e. The van der Waals surface area contributed by atoms with Crippen molar-refractivity contribution in [3.05, 3.63) is 0 Å². The van der Waals surface area contributed by atoms with Crippen molar-refractivity contribution in [2.75, 3.05) is 13.1 Å². The minimum absolute atomic E-state index is 0.0647. The fourth-order valence-electron chi connectivity index (χ4n) is 2.64. The van der Waals surface area contributed by atoms with E-state index >= 15 is 0 Å². The van der Waals surface area contributed by atoms with Crippen LogP contribution in [0, 0.1) is 22.7 Å². The number of amides is 2. The Morgan fingerprint density at radius 2 is 1.58 bits per heavy atom. The van der Waals surface area contributed by atoms with Crippen LogP contribution in [0.15, 0.2) is 0 Å². The summed E-state index contributed by atoms with van der Waals surface area (Å²) in [5.41, 5.74) is -0.224. The van der Waals surface area contributed by atoms with Gasteiger partial charge in [0, 0.05) is 24.4 Å². The first kappa shape index (κ1) is 22.9. The summed E-state index contributed by atoms with van der Waals surface area (Å²) >= 11 is 0. The van der Waals surface area contributed by atoms with Gasteiger partial charge in [-0.3, -0.25) is 9.59 Å². The standard InChI is InChI=1S/C20H40N2O2/c1-9-16(4)17(23)22-14-19(5,6)13-15(3)11-12-21-18(24)20(7,8)10-2/h15-16H,9-14H2,1-8H3,(H,21,24)(H,22,23). The quantitative estimate of drug-likeness (QED) is 0.594. The van der Waals surface area contributed by atoms with E-state index < -0.39 is 0 Å². The van der Waals surface area contributed by atoms with Gasteiger partial charge < -0.3 is 10.6 Å². The lowest BCUT2D eigenvalue weighted by atomic mass is 9.82. The first-order valence-corrected chi connectivity index (χ1v) is 9.51. The molecule has 0 rings (SSSR count). The highest BCUT2D eigenvalue weighted by atomic mass is 16.2. The summed E-state index contributed by atoms with van der Waals surface area (Å²) < 4.78 is 0. The number of rotatable bonds is 11. The van der Waals surface area contributed by atoms with Crippen LogP contribution in [0.3, 0.4) is 0 Å². The molecule has 2 unspecified atom stereocenters. The molecule has 0 saturated carbocycles. The maximum atomic E-state index is 12.1. The minimum atomic E-state index is -0.289. The maximum absolute atomic E-state index is 12.1. The Kier molecular flexibility index (Phi) is 9.61. The van der Waals surface area contributed by atoms with Crippen LogP contribution in [0.2, 0.25) is 0 Å². The van der Waals surface area contributed by atoms with Gasteiger partial charge in [-0.15, -0.1) is 0 Å². The molecule has 0 heterocycles. The smallest absolute Gasteiger partial charge is 0.225 e. The summed E-state index contributed by atoms with van der Waals surface area (Å²) in [5, 5.41) is 6.13. The summed E-state index contributed by atoms with van der Waals surface area (Å²) in [4.78, 5) is 24.0. The SMILES string of the molecule is CCC(C)C(=O)NCC(C)(C)CC(C)CCNC(=O)C(C)(C)CC. The molecular formula is C20H40N2O2. The number of carbonyl (C=O) groups is 2. The molecule has 4 nitrogen and oxygen atoms in total. The molecule has 0 aromatic carbocycles. The van der Waals surface area contributed by atoms with Crippen LogP contribution in [-0.4, -0.2) is 24.9 Å². The average Bonchev–Trinajstić information content (AvgIpc) is 2.51. The van der Waals surface area contributed by atoms with Crippen LogP contribution < -0.4 is 10.6 Å². The van der Waals surface area contributed by atoms with Crippen molar-refractivity contribution in [1.82, 2.24) is 10.6 Å². The van der Waals surface area contributed by atoms with Gasteiger partial charge in [-0.1, -0.05) is 55.4 Å². The van der Waals surface area contributed by atoms with E-state index in [1.54, 1.807) is 0 Å². The van der Waals surface area contributed by atoms with Crippen molar-refractivity contribution < 1.29 is 9.59 Å². The maximum Gasteiger partial charge on any atom is 0.225 e. The first-order chi connectivity index (χ1) is 10.9. The van der Waals surface area contributed by atoms with E-state index in [-0.39, 0.29) is 28.6 Å². The van der Waals surface area contributed by atoms with Crippen LogP contribution in [0.5, 0.6) is 0 Å². The molecule has 0 fully saturated rings. The Balaban J connectivity index is 4.19. The van der Waals surface area contributed by atoms with Gasteiger partial charge in [-0.25, -0.2) is 0 Å². The molecule has 2 amide bonds. The zero-order chi connectivity index (χ0) is 19.0. The van der Waals surface area contributed by atoms with Crippen LogP contribution in [0.25, 0.3) is 0 Å². The van der Waals surface area contributed by atoms with Crippen LogP contribution in [0.4, 0.5) is 0 Å². The third-order valence-corrected chi connectivity index (χ3v) is 5.12. The zero-order valence-corrected chi connectivity index (χ0v) is 17.2. The van der Waals surface area contributed by atoms with E-state index in [1.165, 1.54) is 0 Å². The topological polar surface area (TPSA) is 58.2 Å². The molecule has 2 atom stereocenters. The normalized spacial score (nSPS) is 14.8. The molecule has 24 heavy (non-hydrogen) atoms. The van der Waals surface area contributed by atoms with Crippen molar-refractivity contribution in [3.63, 3.8) is 0 Å². The Morgan fingerprint density at radius 3 is 2.08 bits per heavy atom. The lowest BCUT2D eigenvalue weighted by Gasteiger charge is -2.29. The fourth-order valence-corrected chi connectivity index (χ4v) is 2.64. The largest absolute Gasteiger partial charge is 0.356 e. The third-order valence-electron chi connectivity index (χ3n) is 5.12. The lowest BCUT2D eigenvalue weighted by molar-refractivity contribution is -0.129. The molecule has 0 aliphatic carbocycles. The summed E-state index contributed by atoms with van der Waals surface area (Å²) in [6, 6.07) is 0. The number of carbonyl (C=O) groups excluding carboxylic acids is 2. The molecule has 2 N–H and O–H groups in total. The van der Waals surface area contributed by atoms with E-state index in [2.05, 4.69) is 31.4 Å². The Morgan fingerprint density at radius 1 is 1.00 bits per heavy atom. The zero-order valence-electron chi connectivity index (χ0n) is 17.2. The van der Waals surface area contributed by atoms with Crippen LogP contribution in [-0.2, 0) is 9.59 Å². The van der Waals surface area contributed by atoms with Crippen LogP contribution >= 0.6 is 0 Å². The highest BCUT2D eigenvalue weighted by Crippen LogP contribution is 2.26. The molecule has 0 aromatic rings. The molecule has 0 aliphatic heterocycles. The highest BCUT2D eigenvalue weighted by Gasteiger charge is 2.26. The van der Waals surface area contributed by atoms with Crippen molar-refractivity contribution in [1.29, 1.82) is 0 Å². The van der Waals surface area contributed by atoms with Crippen molar-refractivity contribution in [3.8, 4) is 0 Å². The van der Waals surface area contributed by atoms with E-state index in [4.69, 9.17) is 0 Å². The van der Waals surface area contributed by atoms with Gasteiger partial charge in [-0.2, -0.15) is 0 Å². The second-order valence-electron chi connectivity index (χ2n) is 8.78. The molecule has 0 aromatic heterocycles. The molecule has 0 bridgehead atoms. The van der Waals surface area contributed by atoms with Crippen molar-refractivity contribution in [2.24, 2.45) is 22.7 Å². The second kappa shape index (κ2) is 10.0. The van der Waals surface area contributed by atoms with E-state index in [0.717, 1.165) is 32.2 Å². The van der Waals surface area contributed by atoms with Crippen molar-refractivity contribution in [2.45, 2.75) is 81.1 Å². The molecule has 142 valence electrons. The summed E-state index contributed by atoms with van der Waals surface area (Å²) in [6.07, 6.45) is 3.71. The first-order valence-electron chi connectivity index (χ1n) is 9.51. The number of hydrogen-bond acceptors (Lipinski definition) is 2. The second-order valence-corrected chi connectivity index (χ2v) is 8.78. The average molecular weight is 341 g/mol. The third kappa shape index (κ3) is 8.70. The van der Waals surface area contributed by atoms with Gasteiger partial charge in [-0.05, 0) is 37.0 Å². The molecule has 0 radical (unpaired) electrons. The molecular weight excluding hydrogens is 300 g/mol. The Labute approximate surface area is 149 Å². The molecule has 0 saturated heterocycles. The van der Waals surface area contributed by atoms with Gasteiger partial charge in [0.05, 0.1) is 0 Å². The summed E-state index contributed by atoms with van der Waals surface area (Å²) in [7, 11) is 0. The molecule has 0 spiro atoms. The monoisotopic (exact) mass is 340 g/mol. The molecule has 0 aliphatic rings. The fraction of sp³-hybridized carbons (Fsp3) is 0.900. The van der Waals surface area contributed by atoms with Crippen LogP contribution in [0.1, 0.15) is 81.1 Å². The number of nitrogens with one attached hydrogen (secondary N) is 2.